The minimum atomic E-state index is -3.11. The predicted molar refractivity (Wildman–Crippen MR) is 112 cm³/mol. The number of aliphatic hydroxyl groups excluding tert-OH is 1. The van der Waals surface area contributed by atoms with Gasteiger partial charge >= 0.3 is 6.61 Å². The molecule has 5 N–H and O–H groups in total. The van der Waals surface area contributed by atoms with Gasteiger partial charge in [0.05, 0.1) is 5.56 Å². The van der Waals surface area contributed by atoms with Crippen LogP contribution in [0.3, 0.4) is 0 Å². The van der Waals surface area contributed by atoms with Crippen LogP contribution in [0.25, 0.3) is 0 Å². The second-order valence-electron chi connectivity index (χ2n) is 7.28. The van der Waals surface area contributed by atoms with Crippen molar-refractivity contribution in [2.45, 2.75) is 31.7 Å². The van der Waals surface area contributed by atoms with E-state index >= 15 is 0 Å². The molecule has 1 aliphatic rings. The van der Waals surface area contributed by atoms with Crippen LogP contribution in [0.2, 0.25) is 5.02 Å². The van der Waals surface area contributed by atoms with E-state index in [0.717, 1.165) is 23.1 Å². The second kappa shape index (κ2) is 10.1. The summed E-state index contributed by atoms with van der Waals surface area (Å²) in [7, 11) is 0. The molecule has 3 rings (SSSR count). The summed E-state index contributed by atoms with van der Waals surface area (Å²) in [5, 5.41) is 20.3. The number of likely N-dealkylation sites (tertiary alicyclic amines) is 1. The molecule has 1 fully saturated rings. The summed E-state index contributed by atoms with van der Waals surface area (Å²) in [6, 6.07) is 6.52. The van der Waals surface area contributed by atoms with Crippen LogP contribution in [0.4, 0.5) is 13.2 Å². The number of hydrogen-bond donors (Lipinski definition) is 4. The molecule has 0 aromatic heterocycles. The van der Waals surface area contributed by atoms with Crippen LogP contribution in [0, 0.1) is 11.2 Å². The summed E-state index contributed by atoms with van der Waals surface area (Å²) in [6.45, 7) is -2.94. The van der Waals surface area contributed by atoms with Gasteiger partial charge in [-0.2, -0.15) is 8.78 Å². The highest BCUT2D eigenvalue weighted by atomic mass is 35.5. The first-order chi connectivity index (χ1) is 15.6. The van der Waals surface area contributed by atoms with Crippen molar-refractivity contribution in [1.82, 2.24) is 10.2 Å². The van der Waals surface area contributed by atoms with E-state index in [1.807, 2.05) is 0 Å². The van der Waals surface area contributed by atoms with E-state index in [2.05, 4.69) is 10.1 Å². The van der Waals surface area contributed by atoms with E-state index in [-0.39, 0.29) is 35.0 Å². The van der Waals surface area contributed by atoms with Gasteiger partial charge in [-0.25, -0.2) is 4.39 Å². The predicted octanol–water partition coefficient (Wildman–Crippen LogP) is 2.32. The van der Waals surface area contributed by atoms with Gasteiger partial charge < -0.3 is 25.8 Å². The first-order valence-electron chi connectivity index (χ1n) is 9.71. The van der Waals surface area contributed by atoms with Crippen LogP contribution >= 0.6 is 11.6 Å². The van der Waals surface area contributed by atoms with Gasteiger partial charge in [0.15, 0.2) is 6.10 Å². The molecule has 0 bridgehead atoms. The van der Waals surface area contributed by atoms with Gasteiger partial charge in [-0.05, 0) is 47.9 Å². The van der Waals surface area contributed by atoms with Crippen molar-refractivity contribution in [1.29, 1.82) is 5.41 Å². The first kappa shape index (κ1) is 24.3. The maximum atomic E-state index is 13.9. The minimum absolute atomic E-state index is 0.0177. The monoisotopic (exact) mass is 484 g/mol. The Labute approximate surface area is 191 Å². The number of aliphatic hydroxyl groups is 1. The quantitative estimate of drug-likeness (QED) is 0.337. The fraction of sp³-hybridized carbons (Fsp3) is 0.286. The summed E-state index contributed by atoms with van der Waals surface area (Å²) in [6.07, 6.45) is -1.40. The number of hydrogen-bond acceptors (Lipinski definition) is 5. The Morgan fingerprint density at radius 3 is 2.61 bits per heavy atom. The standard InChI is InChI=1S/C21H20ClF3N4O4/c22-12-6-11(7-13(8-12)33-21(24)25)17(30)20(32)29-4-3-16(29)19(31)28-9-10-1-2-14(18(26)27)15(23)5-10/h1-2,5-8,16-17,21,30H,3-4,9H2,(H3,26,27)(H,28,31)/t16-,17?/m0/s1. The number of nitrogen functional groups attached to an aromatic ring is 1. The van der Waals surface area contributed by atoms with Crippen LogP contribution in [-0.4, -0.2) is 46.9 Å². The van der Waals surface area contributed by atoms with Crippen molar-refractivity contribution in [3.63, 3.8) is 0 Å². The number of amides is 2. The van der Waals surface area contributed by atoms with E-state index in [1.165, 1.54) is 18.2 Å². The summed E-state index contributed by atoms with van der Waals surface area (Å²) < 4.78 is 43.1. The van der Waals surface area contributed by atoms with E-state index in [1.54, 1.807) is 0 Å². The molecule has 0 saturated carbocycles. The van der Waals surface area contributed by atoms with Crippen molar-refractivity contribution < 1.29 is 32.6 Å². The molecule has 1 saturated heterocycles. The highest BCUT2D eigenvalue weighted by Crippen LogP contribution is 2.29. The number of ether oxygens (including phenoxy) is 1. The highest BCUT2D eigenvalue weighted by molar-refractivity contribution is 6.30. The number of carbonyl (C=O) groups excluding carboxylic acids is 2. The zero-order valence-corrected chi connectivity index (χ0v) is 17.8. The third-order valence-electron chi connectivity index (χ3n) is 5.06. The Kier molecular flexibility index (Phi) is 7.44. The Balaban J connectivity index is 1.63. The number of halogens is 4. The molecule has 8 nitrogen and oxygen atoms in total. The van der Waals surface area contributed by atoms with Crippen molar-refractivity contribution in [2.24, 2.45) is 5.73 Å². The molecule has 12 heteroatoms. The Morgan fingerprint density at radius 1 is 1.30 bits per heavy atom. The Bertz CT molecular complexity index is 1090. The normalized spacial score (nSPS) is 16.2. The molecule has 2 aromatic carbocycles. The van der Waals surface area contributed by atoms with Gasteiger partial charge in [0, 0.05) is 18.1 Å². The van der Waals surface area contributed by atoms with Crippen LogP contribution in [0.1, 0.15) is 29.2 Å². The van der Waals surface area contributed by atoms with Crippen molar-refractivity contribution in [3.05, 3.63) is 63.9 Å². The molecule has 1 unspecified atom stereocenters. The van der Waals surface area contributed by atoms with Crippen LogP contribution in [-0.2, 0) is 16.1 Å². The maximum Gasteiger partial charge on any atom is 0.387 e. The second-order valence-corrected chi connectivity index (χ2v) is 7.72. The molecule has 33 heavy (non-hydrogen) atoms. The first-order valence-corrected chi connectivity index (χ1v) is 10.1. The lowest BCUT2D eigenvalue weighted by molar-refractivity contribution is -0.154. The largest absolute Gasteiger partial charge is 0.435 e. The zero-order valence-electron chi connectivity index (χ0n) is 17.0. The van der Waals surface area contributed by atoms with E-state index in [9.17, 15) is 27.9 Å². The van der Waals surface area contributed by atoms with Gasteiger partial charge in [-0.15, -0.1) is 0 Å². The summed E-state index contributed by atoms with van der Waals surface area (Å²) >= 11 is 5.86. The number of benzene rings is 2. The summed E-state index contributed by atoms with van der Waals surface area (Å²) in [5.41, 5.74) is 5.58. The number of nitrogens with one attached hydrogen (secondary N) is 2. The SMILES string of the molecule is N=C(N)c1ccc(CNC(=O)[C@@H]2CCN2C(=O)C(O)c2cc(Cl)cc(OC(F)F)c2)cc1F. The molecule has 0 radical (unpaired) electrons. The van der Waals surface area contributed by atoms with E-state index in [0.29, 0.717) is 12.0 Å². The topological polar surface area (TPSA) is 129 Å². The van der Waals surface area contributed by atoms with Gasteiger partial charge in [-0.3, -0.25) is 15.0 Å². The average Bonchev–Trinajstić information content (AvgIpc) is 2.69. The lowest BCUT2D eigenvalue weighted by Crippen LogP contribution is -2.59. The lowest BCUT2D eigenvalue weighted by Gasteiger charge is -2.40. The number of nitrogens with two attached hydrogens (primary N) is 1. The molecular formula is C21H20ClF3N4O4. The molecule has 2 atom stereocenters. The fourth-order valence-electron chi connectivity index (χ4n) is 3.33. The zero-order chi connectivity index (χ0) is 24.3. The molecule has 2 aromatic rings. The van der Waals surface area contributed by atoms with Crippen LogP contribution in [0.15, 0.2) is 36.4 Å². The third-order valence-corrected chi connectivity index (χ3v) is 5.28. The van der Waals surface area contributed by atoms with E-state index in [4.69, 9.17) is 22.7 Å². The summed E-state index contributed by atoms with van der Waals surface area (Å²) in [4.78, 5) is 26.3. The molecule has 1 aliphatic heterocycles. The number of carbonyl (C=O) groups is 2. The Morgan fingerprint density at radius 2 is 2.03 bits per heavy atom. The van der Waals surface area contributed by atoms with E-state index < -0.39 is 42.2 Å². The Hall–Kier alpha value is -3.31. The lowest BCUT2D eigenvalue weighted by atomic mass is 9.98. The summed E-state index contributed by atoms with van der Waals surface area (Å²) in [5.74, 6) is -2.75. The molecule has 1 heterocycles. The van der Waals surface area contributed by atoms with Crippen LogP contribution < -0.4 is 15.8 Å². The van der Waals surface area contributed by atoms with Gasteiger partial charge in [0.25, 0.3) is 5.91 Å². The number of alkyl halides is 2. The maximum absolute atomic E-state index is 13.9. The van der Waals surface area contributed by atoms with Gasteiger partial charge in [0.2, 0.25) is 5.91 Å². The van der Waals surface area contributed by atoms with Gasteiger partial charge in [0.1, 0.15) is 23.4 Å². The molecule has 176 valence electrons. The molecule has 0 spiro atoms. The fourth-order valence-corrected chi connectivity index (χ4v) is 3.56. The molecular weight excluding hydrogens is 465 g/mol. The van der Waals surface area contributed by atoms with Gasteiger partial charge in [-0.1, -0.05) is 17.7 Å². The number of rotatable bonds is 8. The average molecular weight is 485 g/mol. The van der Waals surface area contributed by atoms with Crippen molar-refractivity contribution in [2.75, 3.05) is 6.54 Å². The van der Waals surface area contributed by atoms with Crippen LogP contribution in [0.5, 0.6) is 5.75 Å². The molecule has 2 amide bonds. The number of nitrogens with zero attached hydrogens (tertiary/aromatic N) is 1. The smallest absolute Gasteiger partial charge is 0.387 e. The van der Waals surface area contributed by atoms with Crippen molar-refractivity contribution >= 4 is 29.3 Å². The third kappa shape index (κ3) is 5.74. The highest BCUT2D eigenvalue weighted by Gasteiger charge is 2.40. The number of amidine groups is 1. The molecule has 0 aliphatic carbocycles. The minimum Gasteiger partial charge on any atom is -0.435 e. The van der Waals surface area contributed by atoms with Crippen molar-refractivity contribution in [3.8, 4) is 5.75 Å².